The lowest BCUT2D eigenvalue weighted by Crippen LogP contribution is -2.13. The van der Waals surface area contributed by atoms with Crippen molar-refractivity contribution in [2.45, 2.75) is 0 Å². The molecule has 2 rings (SSSR count). The number of carboxylic acid groups (broad SMARTS) is 1. The van der Waals surface area contributed by atoms with Crippen molar-refractivity contribution in [2.24, 2.45) is 0 Å². The minimum absolute atomic E-state index is 0.133. The number of carbonyl (C=O) groups excluding carboxylic acids is 1. The molecule has 0 bridgehead atoms. The molecule has 2 aromatic heterocycles. The number of rotatable bonds is 4. The Morgan fingerprint density at radius 1 is 1.42 bits per heavy atom. The molecule has 96 valence electrons. The summed E-state index contributed by atoms with van der Waals surface area (Å²) in [4.78, 5) is 26.0. The molecule has 1 amide bonds. The number of nitrogens with one attached hydrogen (secondary N) is 2. The number of H-pyrrole nitrogens is 1. The Hall–Kier alpha value is -3.03. The molecule has 0 unspecified atom stereocenters. The Balaban J connectivity index is 2.11. The summed E-state index contributed by atoms with van der Waals surface area (Å²) in [6.07, 6.45) is 5.14. The van der Waals surface area contributed by atoms with E-state index in [9.17, 15) is 9.59 Å². The van der Waals surface area contributed by atoms with Gasteiger partial charge in [-0.15, -0.1) is 0 Å². The maximum Gasteiger partial charge on any atom is 0.328 e. The van der Waals surface area contributed by atoms with Gasteiger partial charge in [-0.1, -0.05) is 0 Å². The molecule has 3 N–H and O–H groups in total. The first kappa shape index (κ1) is 12.4. The summed E-state index contributed by atoms with van der Waals surface area (Å²) in [6.45, 7) is 0. The zero-order valence-electron chi connectivity index (χ0n) is 9.57. The minimum atomic E-state index is -1.05. The number of nitrogens with zero attached hydrogens (tertiary/aromatic N) is 3. The van der Waals surface area contributed by atoms with Crippen molar-refractivity contribution < 1.29 is 14.7 Å². The van der Waals surface area contributed by atoms with Crippen LogP contribution in [0.3, 0.4) is 0 Å². The lowest BCUT2D eigenvalue weighted by molar-refractivity contribution is -0.131. The summed E-state index contributed by atoms with van der Waals surface area (Å²) in [5, 5.41) is 20.5. The molecule has 8 heteroatoms. The summed E-state index contributed by atoms with van der Waals surface area (Å²) >= 11 is 0. The Morgan fingerprint density at radius 3 is 2.95 bits per heavy atom. The van der Waals surface area contributed by atoms with Crippen LogP contribution in [0.1, 0.15) is 16.1 Å². The van der Waals surface area contributed by atoms with Crippen LogP contribution in [-0.2, 0) is 4.79 Å². The van der Waals surface area contributed by atoms with Gasteiger partial charge in [0.2, 0.25) is 0 Å². The molecule has 0 saturated heterocycles. The summed E-state index contributed by atoms with van der Waals surface area (Å²) in [5.74, 6) is -1.22. The van der Waals surface area contributed by atoms with Crippen LogP contribution < -0.4 is 5.32 Å². The molecule has 8 nitrogen and oxygen atoms in total. The maximum absolute atomic E-state index is 11.7. The number of pyridine rings is 1. The van der Waals surface area contributed by atoms with Crippen molar-refractivity contribution in [3.8, 4) is 0 Å². The highest BCUT2D eigenvalue weighted by Crippen LogP contribution is 2.09. The van der Waals surface area contributed by atoms with E-state index in [0.29, 0.717) is 11.4 Å². The maximum atomic E-state index is 11.7. The second-order valence-corrected chi connectivity index (χ2v) is 3.46. The van der Waals surface area contributed by atoms with Gasteiger partial charge in [-0.05, 0) is 23.8 Å². The minimum Gasteiger partial charge on any atom is -0.478 e. The highest BCUT2D eigenvalue weighted by atomic mass is 16.4. The SMILES string of the molecule is O=C(O)/C=C/c1ccnc(NC(=O)c2cn[nH]n2)c1. The quantitative estimate of drug-likeness (QED) is 0.689. The second kappa shape index (κ2) is 5.54. The highest BCUT2D eigenvalue weighted by Gasteiger charge is 2.09. The molecule has 0 fully saturated rings. The first-order chi connectivity index (χ1) is 9.15. The Bertz CT molecular complexity index is 621. The average molecular weight is 259 g/mol. The van der Waals surface area contributed by atoms with Gasteiger partial charge in [0, 0.05) is 12.3 Å². The Labute approximate surface area is 107 Å². The number of hydrogen-bond acceptors (Lipinski definition) is 5. The molecular weight excluding hydrogens is 250 g/mol. The molecule has 0 aromatic carbocycles. The molecular formula is C11H9N5O3. The molecule has 0 aliphatic heterocycles. The van der Waals surface area contributed by atoms with E-state index in [-0.39, 0.29) is 5.69 Å². The van der Waals surface area contributed by atoms with Crippen LogP contribution in [0.5, 0.6) is 0 Å². The normalized spacial score (nSPS) is 10.5. The van der Waals surface area contributed by atoms with Crippen LogP contribution in [0.25, 0.3) is 6.08 Å². The third-order valence-electron chi connectivity index (χ3n) is 2.09. The summed E-state index contributed by atoms with van der Waals surface area (Å²) < 4.78 is 0. The monoisotopic (exact) mass is 259 g/mol. The topological polar surface area (TPSA) is 121 Å². The zero-order chi connectivity index (χ0) is 13.7. The standard InChI is InChI=1S/C11H9N5O3/c17-10(18)2-1-7-3-4-12-9(5-7)14-11(19)8-6-13-16-15-8/h1-6H,(H,17,18)(H,12,14,19)(H,13,15,16)/b2-1+. The molecule has 0 radical (unpaired) electrons. The predicted octanol–water partition coefficient (Wildman–Crippen LogP) is 0.550. The van der Waals surface area contributed by atoms with Gasteiger partial charge in [0.25, 0.3) is 5.91 Å². The van der Waals surface area contributed by atoms with Crippen molar-refractivity contribution in [3.05, 3.63) is 41.9 Å². The highest BCUT2D eigenvalue weighted by molar-refractivity contribution is 6.02. The number of carboxylic acids is 1. The molecule has 0 saturated carbocycles. The van der Waals surface area contributed by atoms with E-state index in [1.54, 1.807) is 6.07 Å². The number of amides is 1. The largest absolute Gasteiger partial charge is 0.478 e. The molecule has 19 heavy (non-hydrogen) atoms. The van der Waals surface area contributed by atoms with E-state index in [4.69, 9.17) is 5.11 Å². The van der Waals surface area contributed by atoms with E-state index in [2.05, 4.69) is 25.7 Å². The predicted molar refractivity (Wildman–Crippen MR) is 65.2 cm³/mol. The molecule has 0 atom stereocenters. The fraction of sp³-hybridized carbons (Fsp3) is 0. The summed E-state index contributed by atoms with van der Waals surface area (Å²) in [5.41, 5.74) is 0.737. The van der Waals surface area contributed by atoms with E-state index in [0.717, 1.165) is 6.08 Å². The lowest BCUT2D eigenvalue weighted by atomic mass is 10.2. The summed E-state index contributed by atoms with van der Waals surface area (Å²) in [7, 11) is 0. The van der Waals surface area contributed by atoms with Gasteiger partial charge in [-0.2, -0.15) is 15.4 Å². The van der Waals surface area contributed by atoms with E-state index in [1.807, 2.05) is 0 Å². The number of hydrogen-bond donors (Lipinski definition) is 3. The van der Waals surface area contributed by atoms with Crippen LogP contribution in [0, 0.1) is 0 Å². The molecule has 2 heterocycles. The van der Waals surface area contributed by atoms with Crippen molar-refractivity contribution in [1.82, 2.24) is 20.4 Å². The van der Waals surface area contributed by atoms with Crippen molar-refractivity contribution >= 4 is 23.8 Å². The van der Waals surface area contributed by atoms with Crippen LogP contribution in [0.15, 0.2) is 30.6 Å². The first-order valence-electron chi connectivity index (χ1n) is 5.19. The fourth-order valence-corrected chi connectivity index (χ4v) is 1.28. The Morgan fingerprint density at radius 2 is 2.26 bits per heavy atom. The van der Waals surface area contributed by atoms with Gasteiger partial charge in [-0.3, -0.25) is 4.79 Å². The van der Waals surface area contributed by atoms with E-state index in [1.165, 1.54) is 24.5 Å². The first-order valence-corrected chi connectivity index (χ1v) is 5.19. The van der Waals surface area contributed by atoms with Crippen LogP contribution in [-0.4, -0.2) is 37.4 Å². The average Bonchev–Trinajstić information content (AvgIpc) is 2.91. The third kappa shape index (κ3) is 3.46. The third-order valence-corrected chi connectivity index (χ3v) is 2.09. The Kier molecular flexibility index (Phi) is 3.62. The van der Waals surface area contributed by atoms with Crippen LogP contribution >= 0.6 is 0 Å². The smallest absolute Gasteiger partial charge is 0.328 e. The van der Waals surface area contributed by atoms with E-state index >= 15 is 0 Å². The molecule has 2 aromatic rings. The van der Waals surface area contributed by atoms with Gasteiger partial charge in [-0.25, -0.2) is 9.78 Å². The number of carbonyl (C=O) groups is 2. The van der Waals surface area contributed by atoms with Gasteiger partial charge < -0.3 is 10.4 Å². The van der Waals surface area contributed by atoms with Gasteiger partial charge in [0.1, 0.15) is 5.82 Å². The van der Waals surface area contributed by atoms with Crippen LogP contribution in [0.2, 0.25) is 0 Å². The number of aliphatic carboxylic acids is 1. The van der Waals surface area contributed by atoms with Gasteiger partial charge in [0.05, 0.1) is 6.20 Å². The number of aromatic amines is 1. The lowest BCUT2D eigenvalue weighted by Gasteiger charge is -2.02. The van der Waals surface area contributed by atoms with Crippen molar-refractivity contribution in [2.75, 3.05) is 5.32 Å². The van der Waals surface area contributed by atoms with Gasteiger partial charge in [0.15, 0.2) is 5.69 Å². The molecule has 0 spiro atoms. The molecule has 0 aliphatic carbocycles. The van der Waals surface area contributed by atoms with E-state index < -0.39 is 11.9 Å². The van der Waals surface area contributed by atoms with Gasteiger partial charge >= 0.3 is 5.97 Å². The second-order valence-electron chi connectivity index (χ2n) is 3.46. The van der Waals surface area contributed by atoms with Crippen LogP contribution in [0.4, 0.5) is 5.82 Å². The number of aromatic nitrogens is 4. The molecule has 0 aliphatic rings. The summed E-state index contributed by atoms with van der Waals surface area (Å²) in [6, 6.07) is 3.16. The zero-order valence-corrected chi connectivity index (χ0v) is 9.57. The van der Waals surface area contributed by atoms with Crippen molar-refractivity contribution in [3.63, 3.8) is 0 Å². The van der Waals surface area contributed by atoms with Crippen molar-refractivity contribution in [1.29, 1.82) is 0 Å². The fourth-order valence-electron chi connectivity index (χ4n) is 1.28. The number of anilines is 1.